The van der Waals surface area contributed by atoms with Crippen molar-refractivity contribution in [3.8, 4) is 10.4 Å². The normalized spacial score (nSPS) is 19.9. The number of hydrogen-bond donors (Lipinski definition) is 1. The van der Waals surface area contributed by atoms with E-state index >= 15 is 0 Å². The Kier molecular flexibility index (Phi) is 3.54. The van der Waals surface area contributed by atoms with Crippen molar-refractivity contribution in [2.24, 2.45) is 0 Å². The first-order chi connectivity index (χ1) is 11.1. The van der Waals surface area contributed by atoms with Crippen molar-refractivity contribution in [2.75, 3.05) is 16.8 Å². The molecule has 0 spiro atoms. The van der Waals surface area contributed by atoms with Crippen LogP contribution in [-0.4, -0.2) is 35.9 Å². The van der Waals surface area contributed by atoms with E-state index in [1.165, 1.54) is 6.33 Å². The van der Waals surface area contributed by atoms with Gasteiger partial charge in [-0.2, -0.15) is 0 Å². The Morgan fingerprint density at radius 2 is 2.00 bits per heavy atom. The van der Waals surface area contributed by atoms with E-state index in [1.807, 2.05) is 18.2 Å². The van der Waals surface area contributed by atoms with Crippen molar-refractivity contribution < 1.29 is 8.42 Å². The van der Waals surface area contributed by atoms with Gasteiger partial charge in [0.2, 0.25) is 0 Å². The fraction of sp³-hybridized carbons (Fsp3) is 0.250. The maximum Gasteiger partial charge on any atom is 0.152 e. The molecule has 0 saturated carbocycles. The number of fused-ring (bicyclic) bond motifs is 1. The Balaban J connectivity index is 1.69. The SMILES string of the molecule is O=S1(=O)CCC(Nc2ncnc3sc(-c4ccccc4)cc23)C1. The Hall–Kier alpha value is -1.99. The van der Waals surface area contributed by atoms with Gasteiger partial charge in [0.25, 0.3) is 0 Å². The number of sulfone groups is 1. The molecule has 1 unspecified atom stereocenters. The van der Waals surface area contributed by atoms with Crippen LogP contribution in [0.4, 0.5) is 5.82 Å². The van der Waals surface area contributed by atoms with Crippen molar-refractivity contribution in [1.82, 2.24) is 9.97 Å². The highest BCUT2D eigenvalue weighted by atomic mass is 32.2. The second-order valence-electron chi connectivity index (χ2n) is 5.66. The number of nitrogens with one attached hydrogen (secondary N) is 1. The number of aromatic nitrogens is 2. The van der Waals surface area contributed by atoms with Crippen LogP contribution < -0.4 is 5.32 Å². The molecule has 1 N–H and O–H groups in total. The second kappa shape index (κ2) is 5.58. The van der Waals surface area contributed by atoms with Crippen LogP contribution in [0.1, 0.15) is 6.42 Å². The zero-order chi connectivity index (χ0) is 15.9. The quantitative estimate of drug-likeness (QED) is 0.790. The molecular formula is C16H15N3O2S2. The monoisotopic (exact) mass is 345 g/mol. The van der Waals surface area contributed by atoms with Crippen molar-refractivity contribution in [2.45, 2.75) is 12.5 Å². The molecule has 3 aromatic rings. The average molecular weight is 345 g/mol. The number of nitrogens with zero attached hydrogens (tertiary/aromatic N) is 2. The van der Waals surface area contributed by atoms with E-state index in [-0.39, 0.29) is 17.5 Å². The lowest BCUT2D eigenvalue weighted by Crippen LogP contribution is -2.21. The van der Waals surface area contributed by atoms with Crippen molar-refractivity contribution >= 4 is 37.2 Å². The summed E-state index contributed by atoms with van der Waals surface area (Å²) < 4.78 is 23.2. The highest BCUT2D eigenvalue weighted by Gasteiger charge is 2.28. The zero-order valence-corrected chi connectivity index (χ0v) is 13.9. The lowest BCUT2D eigenvalue weighted by Gasteiger charge is -2.11. The molecule has 0 radical (unpaired) electrons. The summed E-state index contributed by atoms with van der Waals surface area (Å²) in [5.74, 6) is 1.14. The molecule has 1 atom stereocenters. The van der Waals surface area contributed by atoms with E-state index in [2.05, 4.69) is 33.5 Å². The first-order valence-electron chi connectivity index (χ1n) is 7.38. The molecule has 1 fully saturated rings. The third-order valence-electron chi connectivity index (χ3n) is 3.96. The molecule has 1 aromatic carbocycles. The van der Waals surface area contributed by atoms with Crippen LogP contribution in [0.5, 0.6) is 0 Å². The summed E-state index contributed by atoms with van der Waals surface area (Å²) in [6, 6.07) is 12.1. The van der Waals surface area contributed by atoms with Crippen molar-refractivity contribution in [3.05, 3.63) is 42.7 Å². The van der Waals surface area contributed by atoms with E-state index in [0.29, 0.717) is 6.42 Å². The Morgan fingerprint density at radius 3 is 2.74 bits per heavy atom. The zero-order valence-electron chi connectivity index (χ0n) is 12.3. The molecule has 1 saturated heterocycles. The maximum absolute atomic E-state index is 11.6. The van der Waals surface area contributed by atoms with Gasteiger partial charge in [0, 0.05) is 10.9 Å². The van der Waals surface area contributed by atoms with Gasteiger partial charge in [-0.3, -0.25) is 0 Å². The molecule has 118 valence electrons. The minimum Gasteiger partial charge on any atom is -0.366 e. The highest BCUT2D eigenvalue weighted by Crippen LogP contribution is 2.35. The average Bonchev–Trinajstić information content (AvgIpc) is 3.12. The van der Waals surface area contributed by atoms with Crippen LogP contribution >= 0.6 is 11.3 Å². The molecule has 0 bridgehead atoms. The van der Waals surface area contributed by atoms with Gasteiger partial charge in [0.1, 0.15) is 17.0 Å². The lowest BCUT2D eigenvalue weighted by molar-refractivity contribution is 0.602. The Morgan fingerprint density at radius 1 is 1.17 bits per heavy atom. The summed E-state index contributed by atoms with van der Waals surface area (Å²) in [5.41, 5.74) is 1.14. The molecule has 0 aliphatic carbocycles. The van der Waals surface area contributed by atoms with E-state index < -0.39 is 9.84 Å². The lowest BCUT2D eigenvalue weighted by atomic mass is 10.2. The molecule has 4 rings (SSSR count). The largest absolute Gasteiger partial charge is 0.366 e. The molecule has 1 aliphatic rings. The van der Waals surface area contributed by atoms with Crippen LogP contribution in [0.25, 0.3) is 20.7 Å². The van der Waals surface area contributed by atoms with Gasteiger partial charge in [-0.15, -0.1) is 11.3 Å². The topological polar surface area (TPSA) is 72.0 Å². The number of benzene rings is 1. The highest BCUT2D eigenvalue weighted by molar-refractivity contribution is 7.91. The van der Waals surface area contributed by atoms with E-state index in [1.54, 1.807) is 11.3 Å². The summed E-state index contributed by atoms with van der Waals surface area (Å²) in [6.07, 6.45) is 2.16. The minimum atomic E-state index is -2.91. The fourth-order valence-corrected chi connectivity index (χ4v) is 5.50. The van der Waals surface area contributed by atoms with E-state index in [0.717, 1.165) is 26.5 Å². The van der Waals surface area contributed by atoms with Crippen LogP contribution in [0.15, 0.2) is 42.7 Å². The molecule has 3 heterocycles. The first-order valence-corrected chi connectivity index (χ1v) is 10.0. The van der Waals surface area contributed by atoms with Gasteiger partial charge >= 0.3 is 0 Å². The van der Waals surface area contributed by atoms with E-state index in [9.17, 15) is 8.42 Å². The molecule has 1 aliphatic heterocycles. The summed E-state index contributed by atoms with van der Waals surface area (Å²) >= 11 is 1.61. The van der Waals surface area contributed by atoms with Crippen LogP contribution in [-0.2, 0) is 9.84 Å². The maximum atomic E-state index is 11.6. The molecule has 0 amide bonds. The third kappa shape index (κ3) is 2.94. The standard InChI is InChI=1S/C16H15N3O2S2/c20-23(21)7-6-12(9-23)19-15-13-8-14(11-4-2-1-3-5-11)22-16(13)18-10-17-15/h1-5,8,10,12H,6-7,9H2,(H,17,18,19). The summed E-state index contributed by atoms with van der Waals surface area (Å²) in [7, 11) is -2.91. The Bertz CT molecular complexity index is 952. The van der Waals surface area contributed by atoms with Crippen LogP contribution in [0.2, 0.25) is 0 Å². The van der Waals surface area contributed by atoms with Gasteiger partial charge in [-0.1, -0.05) is 30.3 Å². The van der Waals surface area contributed by atoms with Crippen LogP contribution in [0, 0.1) is 0 Å². The number of thiophene rings is 1. The minimum absolute atomic E-state index is 0.0711. The molecule has 2 aromatic heterocycles. The van der Waals surface area contributed by atoms with Crippen molar-refractivity contribution in [1.29, 1.82) is 0 Å². The second-order valence-corrected chi connectivity index (χ2v) is 8.92. The third-order valence-corrected chi connectivity index (χ3v) is 6.82. The summed E-state index contributed by atoms with van der Waals surface area (Å²) in [5, 5.41) is 4.23. The van der Waals surface area contributed by atoms with E-state index in [4.69, 9.17) is 0 Å². The van der Waals surface area contributed by atoms with Gasteiger partial charge in [-0.05, 0) is 18.1 Å². The predicted octanol–water partition coefficient (Wildman–Crippen LogP) is 2.96. The molecular weight excluding hydrogens is 330 g/mol. The molecule has 23 heavy (non-hydrogen) atoms. The van der Waals surface area contributed by atoms with Gasteiger partial charge in [0.05, 0.1) is 16.9 Å². The molecule has 7 heteroatoms. The summed E-state index contributed by atoms with van der Waals surface area (Å²) in [4.78, 5) is 10.7. The van der Waals surface area contributed by atoms with Crippen molar-refractivity contribution in [3.63, 3.8) is 0 Å². The molecule has 5 nitrogen and oxygen atoms in total. The predicted molar refractivity (Wildman–Crippen MR) is 93.5 cm³/mol. The number of hydrogen-bond acceptors (Lipinski definition) is 6. The Labute approximate surface area is 138 Å². The van der Waals surface area contributed by atoms with Crippen LogP contribution in [0.3, 0.4) is 0 Å². The van der Waals surface area contributed by atoms with Gasteiger partial charge in [0.15, 0.2) is 9.84 Å². The smallest absolute Gasteiger partial charge is 0.152 e. The number of rotatable bonds is 3. The first kappa shape index (κ1) is 14.6. The fourth-order valence-electron chi connectivity index (χ4n) is 2.82. The van der Waals surface area contributed by atoms with Gasteiger partial charge in [-0.25, -0.2) is 18.4 Å². The number of anilines is 1. The van der Waals surface area contributed by atoms with Gasteiger partial charge < -0.3 is 5.32 Å². The summed E-state index contributed by atoms with van der Waals surface area (Å²) in [6.45, 7) is 0.